The first-order chi connectivity index (χ1) is 13.0. The normalized spacial score (nSPS) is 10.4. The summed E-state index contributed by atoms with van der Waals surface area (Å²) in [6, 6.07) is 12.6. The van der Waals surface area contributed by atoms with Crippen molar-refractivity contribution in [3.63, 3.8) is 0 Å². The zero-order valence-corrected chi connectivity index (χ0v) is 14.4. The van der Waals surface area contributed by atoms with Crippen molar-refractivity contribution in [2.24, 2.45) is 0 Å². The monoisotopic (exact) mass is 368 g/mol. The summed E-state index contributed by atoms with van der Waals surface area (Å²) >= 11 is 0. The molecule has 3 rings (SSSR count). The third-order valence-electron chi connectivity index (χ3n) is 3.74. The Labute approximate surface area is 154 Å². The van der Waals surface area contributed by atoms with E-state index in [0.717, 1.165) is 0 Å². The molecular weight excluding hydrogens is 352 g/mol. The number of nitro groups is 1. The second-order valence-electron chi connectivity index (χ2n) is 5.60. The highest BCUT2D eigenvalue weighted by Gasteiger charge is 2.10. The lowest BCUT2D eigenvalue weighted by molar-refractivity contribution is -0.384. The van der Waals surface area contributed by atoms with Crippen LogP contribution in [-0.2, 0) is 13.2 Å². The van der Waals surface area contributed by atoms with Gasteiger partial charge in [-0.25, -0.2) is 4.68 Å². The predicted octanol–water partition coefficient (Wildman–Crippen LogP) is 2.66. The lowest BCUT2D eigenvalue weighted by atomic mass is 10.1. The van der Waals surface area contributed by atoms with Crippen molar-refractivity contribution in [2.45, 2.75) is 13.2 Å². The quantitative estimate of drug-likeness (QED) is 0.341. The molecular formula is C18H16N4O5. The lowest BCUT2D eigenvalue weighted by Gasteiger charge is -2.03. The van der Waals surface area contributed by atoms with Crippen LogP contribution in [-0.4, -0.2) is 32.8 Å². The Kier molecular flexibility index (Phi) is 5.41. The van der Waals surface area contributed by atoms with Gasteiger partial charge in [-0.2, -0.15) is 0 Å². The van der Waals surface area contributed by atoms with Gasteiger partial charge in [-0.05, 0) is 36.4 Å². The minimum Gasteiger partial charge on any atom is -0.497 e. The smallest absolute Gasteiger partial charge is 0.269 e. The second kappa shape index (κ2) is 8.09. The third-order valence-corrected chi connectivity index (χ3v) is 3.74. The van der Waals surface area contributed by atoms with E-state index in [9.17, 15) is 14.9 Å². The number of non-ortho nitro benzene ring substituents is 1. The van der Waals surface area contributed by atoms with Gasteiger partial charge in [-0.1, -0.05) is 5.21 Å². The maximum Gasteiger partial charge on any atom is 0.269 e. The number of methoxy groups -OCH3 is 1. The van der Waals surface area contributed by atoms with E-state index in [1.165, 1.54) is 28.9 Å². The molecule has 0 amide bonds. The topological polar surface area (TPSA) is 109 Å². The van der Waals surface area contributed by atoms with E-state index in [1.807, 2.05) is 0 Å². The number of nitrogens with zero attached hydrogens (tertiary/aromatic N) is 4. The van der Waals surface area contributed by atoms with Crippen LogP contribution < -0.4 is 9.47 Å². The van der Waals surface area contributed by atoms with Gasteiger partial charge in [-0.15, -0.1) is 5.10 Å². The highest BCUT2D eigenvalue weighted by Crippen LogP contribution is 2.18. The lowest BCUT2D eigenvalue weighted by Crippen LogP contribution is -2.11. The van der Waals surface area contributed by atoms with Gasteiger partial charge < -0.3 is 9.47 Å². The van der Waals surface area contributed by atoms with Crippen molar-refractivity contribution >= 4 is 11.5 Å². The van der Waals surface area contributed by atoms with Crippen LogP contribution in [0.1, 0.15) is 16.1 Å². The molecule has 0 aliphatic heterocycles. The summed E-state index contributed by atoms with van der Waals surface area (Å²) in [4.78, 5) is 22.4. The van der Waals surface area contributed by atoms with E-state index in [4.69, 9.17) is 9.47 Å². The Hall–Kier alpha value is -3.75. The molecule has 0 unspecified atom stereocenters. The number of hydrogen-bond acceptors (Lipinski definition) is 7. The number of Topliss-reactive ketones (excluding diaryl/α,β-unsaturated/α-hetero) is 1. The largest absolute Gasteiger partial charge is 0.497 e. The fourth-order valence-corrected chi connectivity index (χ4v) is 2.32. The van der Waals surface area contributed by atoms with E-state index in [2.05, 4.69) is 10.3 Å². The second-order valence-corrected chi connectivity index (χ2v) is 5.60. The molecule has 9 heteroatoms. The van der Waals surface area contributed by atoms with E-state index in [-0.39, 0.29) is 24.6 Å². The first-order valence-corrected chi connectivity index (χ1v) is 7.98. The Balaban J connectivity index is 1.56. The van der Waals surface area contributed by atoms with Gasteiger partial charge in [0.1, 0.15) is 30.3 Å². The fourth-order valence-electron chi connectivity index (χ4n) is 2.32. The van der Waals surface area contributed by atoms with Crippen LogP contribution >= 0.6 is 0 Å². The molecule has 0 radical (unpaired) electrons. The minimum atomic E-state index is -0.477. The summed E-state index contributed by atoms with van der Waals surface area (Å²) < 4.78 is 12.0. The Morgan fingerprint density at radius 3 is 2.41 bits per heavy atom. The van der Waals surface area contributed by atoms with Gasteiger partial charge >= 0.3 is 0 Å². The standard InChI is InChI=1S/C18H16N4O5/c1-26-16-6-2-13(3-7-16)18(23)11-21-10-14(19-20-21)12-27-17-8-4-15(5-9-17)22(24)25/h2-10H,11-12H2,1H3. The molecule has 0 spiro atoms. The Bertz CT molecular complexity index is 935. The van der Waals surface area contributed by atoms with Crippen molar-refractivity contribution < 1.29 is 19.2 Å². The predicted molar refractivity (Wildman–Crippen MR) is 94.8 cm³/mol. The molecule has 9 nitrogen and oxygen atoms in total. The van der Waals surface area contributed by atoms with Crippen molar-refractivity contribution in [2.75, 3.05) is 7.11 Å². The number of rotatable bonds is 8. The van der Waals surface area contributed by atoms with Gasteiger partial charge in [0.05, 0.1) is 18.2 Å². The highest BCUT2D eigenvalue weighted by molar-refractivity contribution is 5.95. The number of carbonyl (C=O) groups excluding carboxylic acids is 1. The summed E-state index contributed by atoms with van der Waals surface area (Å²) in [6.45, 7) is 0.186. The van der Waals surface area contributed by atoms with Crippen molar-refractivity contribution in [3.05, 3.63) is 76.1 Å². The van der Waals surface area contributed by atoms with Crippen LogP contribution in [0.3, 0.4) is 0 Å². The van der Waals surface area contributed by atoms with Crippen LogP contribution in [0.25, 0.3) is 0 Å². The summed E-state index contributed by atoms with van der Waals surface area (Å²) in [7, 11) is 1.56. The molecule has 2 aromatic carbocycles. The van der Waals surface area contributed by atoms with E-state index >= 15 is 0 Å². The van der Waals surface area contributed by atoms with Crippen LogP contribution in [0.4, 0.5) is 5.69 Å². The number of ketones is 1. The number of hydrogen-bond donors (Lipinski definition) is 0. The summed E-state index contributed by atoms with van der Waals surface area (Å²) in [6.07, 6.45) is 1.62. The zero-order chi connectivity index (χ0) is 19.2. The van der Waals surface area contributed by atoms with Gasteiger partial charge in [0.15, 0.2) is 5.78 Å². The molecule has 0 saturated carbocycles. The SMILES string of the molecule is COc1ccc(C(=O)Cn2cc(COc3ccc([N+](=O)[O-])cc3)nn2)cc1. The zero-order valence-electron chi connectivity index (χ0n) is 14.4. The third kappa shape index (κ3) is 4.66. The molecule has 0 bridgehead atoms. The van der Waals surface area contributed by atoms with Crippen molar-refractivity contribution in [3.8, 4) is 11.5 Å². The minimum absolute atomic E-state index is 0.00895. The number of ether oxygens (including phenoxy) is 2. The molecule has 1 heterocycles. The molecule has 1 aromatic heterocycles. The van der Waals surface area contributed by atoms with Crippen LogP contribution in [0.15, 0.2) is 54.7 Å². The van der Waals surface area contributed by atoms with Gasteiger partial charge in [0.2, 0.25) is 0 Å². The van der Waals surface area contributed by atoms with E-state index < -0.39 is 4.92 Å². The molecule has 0 atom stereocenters. The fraction of sp³-hybridized carbons (Fsp3) is 0.167. The molecule has 0 saturated heterocycles. The average Bonchev–Trinajstić information content (AvgIpc) is 3.14. The molecule has 3 aromatic rings. The van der Waals surface area contributed by atoms with E-state index in [0.29, 0.717) is 22.8 Å². The molecule has 27 heavy (non-hydrogen) atoms. The number of nitro benzene ring substituents is 1. The number of carbonyl (C=O) groups is 1. The van der Waals surface area contributed by atoms with Crippen LogP contribution in [0.2, 0.25) is 0 Å². The summed E-state index contributed by atoms with van der Waals surface area (Å²) in [5, 5.41) is 18.5. The van der Waals surface area contributed by atoms with Gasteiger partial charge in [0, 0.05) is 17.7 Å². The number of aromatic nitrogens is 3. The van der Waals surface area contributed by atoms with Gasteiger partial charge in [-0.3, -0.25) is 14.9 Å². The first kappa shape index (κ1) is 18.1. The maximum atomic E-state index is 12.3. The maximum absolute atomic E-state index is 12.3. The molecule has 0 fully saturated rings. The van der Waals surface area contributed by atoms with E-state index in [1.54, 1.807) is 37.6 Å². The van der Waals surface area contributed by atoms with Crippen LogP contribution in [0.5, 0.6) is 11.5 Å². The molecule has 138 valence electrons. The first-order valence-electron chi connectivity index (χ1n) is 7.98. The highest BCUT2D eigenvalue weighted by atomic mass is 16.6. The molecule has 0 aliphatic rings. The summed E-state index contributed by atoms with van der Waals surface area (Å²) in [5.74, 6) is 1.05. The Morgan fingerprint density at radius 1 is 1.11 bits per heavy atom. The summed E-state index contributed by atoms with van der Waals surface area (Å²) in [5.41, 5.74) is 1.08. The average molecular weight is 368 g/mol. The van der Waals surface area contributed by atoms with Crippen molar-refractivity contribution in [1.29, 1.82) is 0 Å². The van der Waals surface area contributed by atoms with Crippen molar-refractivity contribution in [1.82, 2.24) is 15.0 Å². The van der Waals surface area contributed by atoms with Gasteiger partial charge in [0.25, 0.3) is 5.69 Å². The molecule has 0 aliphatic carbocycles. The number of benzene rings is 2. The van der Waals surface area contributed by atoms with Crippen LogP contribution in [0, 0.1) is 10.1 Å². The Morgan fingerprint density at radius 2 is 1.78 bits per heavy atom. The molecule has 0 N–H and O–H groups in total.